The van der Waals surface area contributed by atoms with Gasteiger partial charge in [0.1, 0.15) is 6.33 Å². The monoisotopic (exact) mass is 152 g/mol. The molecule has 1 aromatic heterocycles. The summed E-state index contributed by atoms with van der Waals surface area (Å²) in [6, 6.07) is 0. The summed E-state index contributed by atoms with van der Waals surface area (Å²) in [5.41, 5.74) is 11.1. The Morgan fingerprint density at radius 1 is 1.64 bits per heavy atom. The number of nitrogens with zero attached hydrogens (tertiary/aromatic N) is 2. The molecule has 1 rings (SSSR count). The number of hydrogen-bond donors (Lipinski definition) is 2. The molecule has 4 N–H and O–H groups in total. The first-order valence-electron chi connectivity index (χ1n) is 3.04. The summed E-state index contributed by atoms with van der Waals surface area (Å²) >= 11 is 0. The van der Waals surface area contributed by atoms with Crippen LogP contribution < -0.4 is 11.5 Å². The first-order chi connectivity index (χ1) is 5.25. The first kappa shape index (κ1) is 7.62. The molecule has 0 saturated heterocycles. The van der Waals surface area contributed by atoms with Gasteiger partial charge in [-0.05, 0) is 0 Å². The van der Waals surface area contributed by atoms with Gasteiger partial charge in [0, 0.05) is 12.7 Å². The summed E-state index contributed by atoms with van der Waals surface area (Å²) in [6.45, 7) is 0.195. The smallest absolute Gasteiger partial charge is 0.252 e. The average Bonchev–Trinajstić information content (AvgIpc) is 2.04. The summed E-state index contributed by atoms with van der Waals surface area (Å²) < 4.78 is 0. The Kier molecular flexibility index (Phi) is 2.12. The van der Waals surface area contributed by atoms with Gasteiger partial charge in [0.15, 0.2) is 0 Å². The molecule has 0 saturated carbocycles. The summed E-state index contributed by atoms with van der Waals surface area (Å²) in [7, 11) is 0. The Bertz CT molecular complexity index is 273. The highest BCUT2D eigenvalue weighted by molar-refractivity contribution is 5.93. The number of hydrogen-bond acceptors (Lipinski definition) is 4. The van der Waals surface area contributed by atoms with Crippen LogP contribution in [0.2, 0.25) is 0 Å². The maximum atomic E-state index is 10.7. The van der Waals surface area contributed by atoms with Crippen molar-refractivity contribution in [3.63, 3.8) is 0 Å². The average molecular weight is 152 g/mol. The van der Waals surface area contributed by atoms with Gasteiger partial charge in [-0.3, -0.25) is 4.79 Å². The van der Waals surface area contributed by atoms with E-state index in [4.69, 9.17) is 11.5 Å². The number of aromatic nitrogens is 2. The summed E-state index contributed by atoms with van der Waals surface area (Å²) in [6.07, 6.45) is 2.69. The van der Waals surface area contributed by atoms with Crippen molar-refractivity contribution in [2.75, 3.05) is 0 Å². The molecule has 0 spiro atoms. The van der Waals surface area contributed by atoms with E-state index in [2.05, 4.69) is 9.97 Å². The third-order valence-corrected chi connectivity index (χ3v) is 1.25. The number of primary amides is 1. The molecular formula is C6H8N4O. The number of carbonyl (C=O) groups is 1. The zero-order valence-corrected chi connectivity index (χ0v) is 5.82. The molecule has 0 atom stereocenters. The van der Waals surface area contributed by atoms with E-state index < -0.39 is 5.91 Å². The molecule has 5 heteroatoms. The van der Waals surface area contributed by atoms with Crippen LogP contribution in [0.3, 0.4) is 0 Å². The molecule has 1 amide bonds. The molecule has 0 radical (unpaired) electrons. The quantitative estimate of drug-likeness (QED) is 0.570. The van der Waals surface area contributed by atoms with Crippen LogP contribution in [0.4, 0.5) is 0 Å². The fourth-order valence-corrected chi connectivity index (χ4v) is 0.723. The van der Waals surface area contributed by atoms with E-state index in [1.807, 2.05) is 0 Å². The fourth-order valence-electron chi connectivity index (χ4n) is 0.723. The molecule has 0 aliphatic rings. The van der Waals surface area contributed by atoms with Crippen molar-refractivity contribution >= 4 is 5.91 Å². The lowest BCUT2D eigenvalue weighted by Gasteiger charge is -1.99. The molecule has 1 heterocycles. The second-order valence-electron chi connectivity index (χ2n) is 1.95. The molecule has 58 valence electrons. The van der Waals surface area contributed by atoms with Gasteiger partial charge in [-0.1, -0.05) is 0 Å². The minimum Gasteiger partial charge on any atom is -0.365 e. The molecule has 0 aromatic carbocycles. The van der Waals surface area contributed by atoms with E-state index in [1.165, 1.54) is 12.5 Å². The second-order valence-corrected chi connectivity index (χ2v) is 1.95. The maximum absolute atomic E-state index is 10.7. The van der Waals surface area contributed by atoms with Gasteiger partial charge in [-0.15, -0.1) is 0 Å². The maximum Gasteiger partial charge on any atom is 0.252 e. The van der Waals surface area contributed by atoms with Gasteiger partial charge in [0.25, 0.3) is 5.91 Å². The van der Waals surface area contributed by atoms with Gasteiger partial charge in [0.2, 0.25) is 0 Å². The zero-order chi connectivity index (χ0) is 8.27. The van der Waals surface area contributed by atoms with Crippen molar-refractivity contribution in [1.29, 1.82) is 0 Å². The molecular weight excluding hydrogens is 144 g/mol. The van der Waals surface area contributed by atoms with Crippen LogP contribution in [0.1, 0.15) is 16.1 Å². The van der Waals surface area contributed by atoms with Crippen LogP contribution >= 0.6 is 0 Å². The summed E-state index contributed by atoms with van der Waals surface area (Å²) in [5, 5.41) is 0. The van der Waals surface area contributed by atoms with Crippen LogP contribution in [-0.2, 0) is 6.54 Å². The number of carbonyl (C=O) groups excluding carboxylic acids is 1. The highest BCUT2D eigenvalue weighted by Crippen LogP contribution is 1.99. The third-order valence-electron chi connectivity index (χ3n) is 1.25. The Hall–Kier alpha value is -1.49. The minimum absolute atomic E-state index is 0.195. The highest BCUT2D eigenvalue weighted by atomic mass is 16.1. The predicted molar refractivity (Wildman–Crippen MR) is 38.4 cm³/mol. The fraction of sp³-hybridized carbons (Fsp3) is 0.167. The van der Waals surface area contributed by atoms with Crippen LogP contribution in [-0.4, -0.2) is 15.9 Å². The molecule has 0 aliphatic heterocycles. The lowest BCUT2D eigenvalue weighted by molar-refractivity contribution is 0.0998. The Morgan fingerprint density at radius 2 is 2.36 bits per heavy atom. The topological polar surface area (TPSA) is 94.9 Å². The lowest BCUT2D eigenvalue weighted by atomic mass is 10.2. The lowest BCUT2D eigenvalue weighted by Crippen LogP contribution is -2.16. The van der Waals surface area contributed by atoms with E-state index in [0.717, 1.165) is 0 Å². The van der Waals surface area contributed by atoms with Gasteiger partial charge < -0.3 is 11.5 Å². The molecule has 5 nitrogen and oxygen atoms in total. The van der Waals surface area contributed by atoms with Crippen molar-refractivity contribution in [2.45, 2.75) is 6.54 Å². The molecule has 0 aliphatic carbocycles. The van der Waals surface area contributed by atoms with E-state index >= 15 is 0 Å². The van der Waals surface area contributed by atoms with Crippen molar-refractivity contribution in [1.82, 2.24) is 9.97 Å². The van der Waals surface area contributed by atoms with Crippen LogP contribution in [0.15, 0.2) is 12.5 Å². The zero-order valence-electron chi connectivity index (χ0n) is 5.82. The van der Waals surface area contributed by atoms with E-state index in [1.54, 1.807) is 0 Å². The van der Waals surface area contributed by atoms with Gasteiger partial charge in [-0.2, -0.15) is 0 Å². The van der Waals surface area contributed by atoms with Crippen molar-refractivity contribution in [3.05, 3.63) is 23.8 Å². The molecule has 0 fully saturated rings. The Balaban J connectivity index is 3.12. The number of amides is 1. The molecule has 11 heavy (non-hydrogen) atoms. The Labute approximate surface area is 63.4 Å². The van der Waals surface area contributed by atoms with Crippen molar-refractivity contribution in [3.8, 4) is 0 Å². The normalized spacial score (nSPS) is 9.55. The minimum atomic E-state index is -0.550. The Morgan fingerprint density at radius 3 is 2.82 bits per heavy atom. The van der Waals surface area contributed by atoms with Crippen molar-refractivity contribution in [2.24, 2.45) is 11.5 Å². The van der Waals surface area contributed by atoms with E-state index in [-0.39, 0.29) is 12.1 Å². The van der Waals surface area contributed by atoms with Crippen LogP contribution in [0.25, 0.3) is 0 Å². The van der Waals surface area contributed by atoms with Gasteiger partial charge in [0.05, 0.1) is 11.3 Å². The highest BCUT2D eigenvalue weighted by Gasteiger charge is 2.06. The third kappa shape index (κ3) is 1.50. The summed E-state index contributed by atoms with van der Waals surface area (Å²) in [5.74, 6) is -0.550. The molecule has 1 aromatic rings. The molecule has 0 bridgehead atoms. The second kappa shape index (κ2) is 3.07. The SMILES string of the molecule is NCc1ncncc1C(N)=O. The number of rotatable bonds is 2. The standard InChI is InChI=1S/C6H8N4O/c7-1-5-4(6(8)11)2-9-3-10-5/h2-3H,1,7H2,(H2,8,11). The number of nitrogens with two attached hydrogens (primary N) is 2. The van der Waals surface area contributed by atoms with Gasteiger partial charge >= 0.3 is 0 Å². The van der Waals surface area contributed by atoms with E-state index in [9.17, 15) is 4.79 Å². The van der Waals surface area contributed by atoms with Gasteiger partial charge in [-0.25, -0.2) is 9.97 Å². The molecule has 0 unspecified atom stereocenters. The predicted octanol–water partition coefficient (Wildman–Crippen LogP) is -0.966. The van der Waals surface area contributed by atoms with E-state index in [0.29, 0.717) is 5.69 Å². The largest absolute Gasteiger partial charge is 0.365 e. The first-order valence-corrected chi connectivity index (χ1v) is 3.04. The van der Waals surface area contributed by atoms with Crippen LogP contribution in [0, 0.1) is 0 Å². The summed E-state index contributed by atoms with van der Waals surface area (Å²) in [4.78, 5) is 18.1. The van der Waals surface area contributed by atoms with Crippen molar-refractivity contribution < 1.29 is 4.79 Å². The van der Waals surface area contributed by atoms with Crippen LogP contribution in [0.5, 0.6) is 0 Å².